The van der Waals surface area contributed by atoms with Crippen LogP contribution in [0.1, 0.15) is 16.8 Å². The summed E-state index contributed by atoms with van der Waals surface area (Å²) >= 11 is 0. The maximum Gasteiger partial charge on any atom is 0.324 e. The third-order valence-electron chi connectivity index (χ3n) is 3.48. The lowest BCUT2D eigenvalue weighted by Gasteiger charge is -2.12. The van der Waals surface area contributed by atoms with Crippen LogP contribution in [0.3, 0.4) is 0 Å². The summed E-state index contributed by atoms with van der Waals surface area (Å²) in [5.74, 6) is -1.18. The van der Waals surface area contributed by atoms with Gasteiger partial charge in [-0.1, -0.05) is 12.1 Å². The average Bonchev–Trinajstić information content (AvgIpc) is 3.05. The molecule has 0 unspecified atom stereocenters. The molecule has 0 atom stereocenters. The molecule has 1 saturated heterocycles. The summed E-state index contributed by atoms with van der Waals surface area (Å²) in [7, 11) is 1.46. The summed E-state index contributed by atoms with van der Waals surface area (Å²) in [6.07, 6.45) is -0.0969. The van der Waals surface area contributed by atoms with Crippen molar-refractivity contribution in [3.8, 4) is 5.75 Å². The number of ether oxygens (including phenoxy) is 2. The Balaban J connectivity index is 1.70. The molecule has 1 aromatic carbocycles. The van der Waals surface area contributed by atoms with E-state index in [-0.39, 0.29) is 25.4 Å². The number of para-hydroxylation sites is 1. The van der Waals surface area contributed by atoms with Gasteiger partial charge in [-0.25, -0.2) is 4.79 Å². The first-order chi connectivity index (χ1) is 12.0. The van der Waals surface area contributed by atoms with E-state index in [1.54, 1.807) is 24.3 Å². The van der Waals surface area contributed by atoms with Gasteiger partial charge in [0.25, 0.3) is 11.8 Å². The summed E-state index contributed by atoms with van der Waals surface area (Å²) in [6.45, 7) is 0.179. The molecule has 9 heteroatoms. The minimum Gasteiger partial charge on any atom is -0.496 e. The molecular weight excluding hydrogens is 330 g/mol. The minimum atomic E-state index is -0.645. The number of nitrogens with one attached hydrogen (secondary N) is 2. The quantitative estimate of drug-likeness (QED) is 0.665. The first-order valence-electron chi connectivity index (χ1n) is 7.68. The molecule has 0 bridgehead atoms. The number of imide groups is 1. The lowest BCUT2D eigenvalue weighted by atomic mass is 10.2. The number of methoxy groups -OCH3 is 1. The molecule has 2 rings (SSSR count). The summed E-state index contributed by atoms with van der Waals surface area (Å²) < 4.78 is 9.90. The van der Waals surface area contributed by atoms with Crippen molar-refractivity contribution in [3.05, 3.63) is 29.8 Å². The van der Waals surface area contributed by atoms with Crippen molar-refractivity contribution in [1.29, 1.82) is 0 Å². The number of hydrogen-bond acceptors (Lipinski definition) is 6. The third-order valence-corrected chi connectivity index (χ3v) is 3.48. The summed E-state index contributed by atoms with van der Waals surface area (Å²) in [5, 5.41) is 5.05. The van der Waals surface area contributed by atoms with E-state index in [0.29, 0.717) is 17.9 Å². The van der Waals surface area contributed by atoms with E-state index in [1.807, 2.05) is 0 Å². The van der Waals surface area contributed by atoms with Gasteiger partial charge in [0.1, 0.15) is 5.75 Å². The molecule has 1 heterocycles. The molecule has 0 radical (unpaired) electrons. The highest BCUT2D eigenvalue weighted by molar-refractivity contribution is 5.97. The fourth-order valence-corrected chi connectivity index (χ4v) is 2.21. The molecule has 134 valence electrons. The number of carbonyl (C=O) groups is 4. The molecule has 0 aliphatic carbocycles. The molecule has 0 aromatic heterocycles. The Kier molecular flexibility index (Phi) is 6.33. The van der Waals surface area contributed by atoms with Gasteiger partial charge in [0.2, 0.25) is 0 Å². The molecule has 0 saturated carbocycles. The number of carbonyl (C=O) groups excluding carboxylic acids is 4. The van der Waals surface area contributed by atoms with E-state index >= 15 is 0 Å². The number of nitrogens with zero attached hydrogens (tertiary/aromatic N) is 1. The lowest BCUT2D eigenvalue weighted by Crippen LogP contribution is -2.37. The molecule has 1 aliphatic rings. The van der Waals surface area contributed by atoms with Gasteiger partial charge < -0.3 is 20.1 Å². The molecule has 4 amide bonds. The highest BCUT2D eigenvalue weighted by Gasteiger charge is 2.26. The van der Waals surface area contributed by atoms with Crippen molar-refractivity contribution in [2.24, 2.45) is 0 Å². The monoisotopic (exact) mass is 349 g/mol. The maximum absolute atomic E-state index is 12.0. The van der Waals surface area contributed by atoms with Crippen molar-refractivity contribution in [2.75, 3.05) is 33.4 Å². The number of esters is 1. The smallest absolute Gasteiger partial charge is 0.324 e. The summed E-state index contributed by atoms with van der Waals surface area (Å²) in [5.41, 5.74) is 0.355. The number of amides is 4. The fourth-order valence-electron chi connectivity index (χ4n) is 2.21. The second-order valence-corrected chi connectivity index (χ2v) is 5.14. The Labute approximate surface area is 144 Å². The third kappa shape index (κ3) is 4.93. The molecule has 2 N–H and O–H groups in total. The maximum atomic E-state index is 12.0. The molecule has 1 aromatic rings. The number of rotatable bonds is 7. The van der Waals surface area contributed by atoms with E-state index in [4.69, 9.17) is 9.47 Å². The summed E-state index contributed by atoms with van der Waals surface area (Å²) in [4.78, 5) is 47.6. The van der Waals surface area contributed by atoms with Gasteiger partial charge >= 0.3 is 12.0 Å². The second-order valence-electron chi connectivity index (χ2n) is 5.14. The van der Waals surface area contributed by atoms with Gasteiger partial charge in [-0.05, 0) is 12.1 Å². The van der Waals surface area contributed by atoms with E-state index < -0.39 is 24.5 Å². The van der Waals surface area contributed by atoms with E-state index in [0.717, 1.165) is 4.90 Å². The zero-order valence-corrected chi connectivity index (χ0v) is 13.7. The van der Waals surface area contributed by atoms with Crippen LogP contribution in [0.15, 0.2) is 24.3 Å². The normalized spacial score (nSPS) is 13.2. The standard InChI is InChI=1S/C16H19N3O6/c1-24-12-5-3-2-4-11(12)15(22)17-7-6-14(21)25-10-13(20)19-9-8-18-16(19)23/h2-5H,6-10H2,1H3,(H,17,22)(H,18,23). The van der Waals surface area contributed by atoms with Crippen molar-refractivity contribution in [1.82, 2.24) is 15.5 Å². The molecule has 1 fully saturated rings. The van der Waals surface area contributed by atoms with Crippen LogP contribution < -0.4 is 15.4 Å². The van der Waals surface area contributed by atoms with Crippen molar-refractivity contribution in [3.63, 3.8) is 0 Å². The predicted octanol–water partition coefficient (Wildman–Crippen LogP) is -0.0899. The van der Waals surface area contributed by atoms with Crippen LogP contribution in [0.25, 0.3) is 0 Å². The molecule has 0 spiro atoms. The van der Waals surface area contributed by atoms with E-state index in [9.17, 15) is 19.2 Å². The number of hydrogen-bond donors (Lipinski definition) is 2. The molecule has 9 nitrogen and oxygen atoms in total. The van der Waals surface area contributed by atoms with Crippen LogP contribution in [-0.4, -0.2) is 62.1 Å². The Morgan fingerprint density at radius 2 is 2.04 bits per heavy atom. The van der Waals surface area contributed by atoms with Gasteiger partial charge in [-0.15, -0.1) is 0 Å². The van der Waals surface area contributed by atoms with Gasteiger partial charge in [0.15, 0.2) is 6.61 Å². The van der Waals surface area contributed by atoms with Crippen LogP contribution in [0.4, 0.5) is 4.79 Å². The van der Waals surface area contributed by atoms with Crippen molar-refractivity contribution < 1.29 is 28.7 Å². The van der Waals surface area contributed by atoms with Gasteiger partial charge in [0, 0.05) is 19.6 Å². The van der Waals surface area contributed by atoms with E-state index in [2.05, 4.69) is 10.6 Å². The van der Waals surface area contributed by atoms with E-state index in [1.165, 1.54) is 7.11 Å². The van der Waals surface area contributed by atoms with Gasteiger partial charge in [-0.3, -0.25) is 19.3 Å². The number of urea groups is 1. The van der Waals surface area contributed by atoms with Gasteiger partial charge in [0.05, 0.1) is 19.1 Å². The first kappa shape index (κ1) is 18.2. The van der Waals surface area contributed by atoms with Crippen LogP contribution in [-0.2, 0) is 14.3 Å². The Bertz CT molecular complexity index is 676. The van der Waals surface area contributed by atoms with Crippen LogP contribution in [0.5, 0.6) is 5.75 Å². The first-order valence-corrected chi connectivity index (χ1v) is 7.68. The Morgan fingerprint density at radius 1 is 1.28 bits per heavy atom. The number of benzene rings is 1. The predicted molar refractivity (Wildman–Crippen MR) is 86.0 cm³/mol. The summed E-state index contributed by atoms with van der Waals surface area (Å²) in [6, 6.07) is 6.21. The van der Waals surface area contributed by atoms with Crippen LogP contribution in [0.2, 0.25) is 0 Å². The zero-order valence-electron chi connectivity index (χ0n) is 13.7. The average molecular weight is 349 g/mol. The van der Waals surface area contributed by atoms with Crippen molar-refractivity contribution >= 4 is 23.8 Å². The van der Waals surface area contributed by atoms with Crippen LogP contribution >= 0.6 is 0 Å². The van der Waals surface area contributed by atoms with Crippen LogP contribution in [0, 0.1) is 0 Å². The molecule has 1 aliphatic heterocycles. The molecule has 25 heavy (non-hydrogen) atoms. The SMILES string of the molecule is COc1ccccc1C(=O)NCCC(=O)OCC(=O)N1CCNC1=O. The Morgan fingerprint density at radius 3 is 2.72 bits per heavy atom. The van der Waals surface area contributed by atoms with Gasteiger partial charge in [-0.2, -0.15) is 0 Å². The topological polar surface area (TPSA) is 114 Å². The second kappa shape index (κ2) is 8.67. The highest BCUT2D eigenvalue weighted by Crippen LogP contribution is 2.16. The Hall–Kier alpha value is -3.10. The lowest BCUT2D eigenvalue weighted by molar-refractivity contribution is -0.150. The largest absolute Gasteiger partial charge is 0.496 e. The van der Waals surface area contributed by atoms with Crippen molar-refractivity contribution in [2.45, 2.75) is 6.42 Å². The molecular formula is C16H19N3O6. The fraction of sp³-hybridized carbons (Fsp3) is 0.375. The minimum absolute atomic E-state index is 0.0497. The highest BCUT2D eigenvalue weighted by atomic mass is 16.5. The zero-order chi connectivity index (χ0) is 18.2.